The van der Waals surface area contributed by atoms with Crippen molar-refractivity contribution in [3.8, 4) is 0 Å². The fraction of sp³-hybridized carbons (Fsp3) is 0.321. The first-order valence-corrected chi connectivity index (χ1v) is 12.9. The van der Waals surface area contributed by atoms with Crippen LogP contribution in [0.2, 0.25) is 0 Å². The molecule has 2 heterocycles. The van der Waals surface area contributed by atoms with Crippen LogP contribution in [0, 0.1) is 6.92 Å². The lowest BCUT2D eigenvalue weighted by molar-refractivity contribution is -0.139. The first-order chi connectivity index (χ1) is 17.4. The third-order valence-corrected chi connectivity index (χ3v) is 6.86. The zero-order valence-electron chi connectivity index (χ0n) is 21.2. The molecule has 36 heavy (non-hydrogen) atoms. The van der Waals surface area contributed by atoms with Crippen molar-refractivity contribution >= 4 is 34.5 Å². The van der Waals surface area contributed by atoms with Crippen LogP contribution in [0.5, 0.6) is 0 Å². The first-order valence-electron chi connectivity index (χ1n) is 12.1. The molecule has 1 N–H and O–H groups in total. The zero-order valence-corrected chi connectivity index (χ0v) is 22.0. The Morgan fingerprint density at radius 1 is 1.11 bits per heavy atom. The second-order valence-electron chi connectivity index (χ2n) is 8.98. The summed E-state index contributed by atoms with van der Waals surface area (Å²) in [4.78, 5) is 35.2. The molecule has 8 heteroatoms. The second kappa shape index (κ2) is 11.6. The number of thioether (sulfide) groups is 1. The van der Waals surface area contributed by atoms with Gasteiger partial charge < -0.3 is 19.9 Å². The number of hydrogen-bond acceptors (Lipinski definition) is 7. The summed E-state index contributed by atoms with van der Waals surface area (Å²) in [5.74, 6) is -0.473. The number of benzene rings is 2. The molecule has 1 amide bonds. The van der Waals surface area contributed by atoms with Crippen molar-refractivity contribution in [3.63, 3.8) is 0 Å². The highest BCUT2D eigenvalue weighted by molar-refractivity contribution is 8.16. The maximum Gasteiger partial charge on any atom is 0.338 e. The standard InChI is InChI=1S/C28H32N4O3S/c1-5-35-27(34)24-25(20-9-7-6-8-10-20)30-28-32(26(24)21-13-11-19(2)12-14-21)22(18-36-28)17-23(33)29-15-16-31(3)4/h6-14,18,26H,5,15-17H2,1-4H3,(H,29,33). The molecule has 2 aliphatic rings. The second-order valence-corrected chi connectivity index (χ2v) is 9.82. The topological polar surface area (TPSA) is 74.2 Å². The van der Waals surface area contributed by atoms with Crippen molar-refractivity contribution in [1.82, 2.24) is 15.1 Å². The number of esters is 1. The van der Waals surface area contributed by atoms with Crippen LogP contribution in [-0.4, -0.2) is 60.6 Å². The van der Waals surface area contributed by atoms with E-state index in [2.05, 4.69) is 5.32 Å². The van der Waals surface area contributed by atoms with Crippen LogP contribution in [0.25, 0.3) is 5.70 Å². The number of ether oxygens (including phenoxy) is 1. The molecule has 0 spiro atoms. The Kier molecular flexibility index (Phi) is 8.28. The molecule has 2 aromatic carbocycles. The molecular weight excluding hydrogens is 472 g/mol. The van der Waals surface area contributed by atoms with Crippen molar-refractivity contribution < 1.29 is 14.3 Å². The fourth-order valence-corrected chi connectivity index (χ4v) is 5.12. The number of fused-ring (bicyclic) bond motifs is 1. The summed E-state index contributed by atoms with van der Waals surface area (Å²) in [6, 6.07) is 17.4. The highest BCUT2D eigenvalue weighted by Gasteiger charge is 2.42. The van der Waals surface area contributed by atoms with Gasteiger partial charge >= 0.3 is 5.97 Å². The van der Waals surface area contributed by atoms with Gasteiger partial charge in [0.05, 0.1) is 30.3 Å². The van der Waals surface area contributed by atoms with Gasteiger partial charge in [-0.25, -0.2) is 9.79 Å². The number of nitrogens with zero attached hydrogens (tertiary/aromatic N) is 3. The molecule has 4 rings (SSSR count). The number of nitrogens with one attached hydrogen (secondary N) is 1. The number of aryl methyl sites for hydroxylation is 1. The summed E-state index contributed by atoms with van der Waals surface area (Å²) >= 11 is 1.47. The SMILES string of the molecule is CCOC(=O)C1=C(c2ccccc2)N=C2SC=C(CC(=O)NCCN(C)C)N2C1c1ccc(C)cc1. The Morgan fingerprint density at radius 3 is 2.50 bits per heavy atom. The Labute approximate surface area is 216 Å². The molecular formula is C28H32N4O3S. The summed E-state index contributed by atoms with van der Waals surface area (Å²) in [6.07, 6.45) is 0.193. The lowest BCUT2D eigenvalue weighted by Crippen LogP contribution is -2.38. The van der Waals surface area contributed by atoms with Gasteiger partial charge in [-0.05, 0) is 38.9 Å². The third-order valence-electron chi connectivity index (χ3n) is 5.97. The summed E-state index contributed by atoms with van der Waals surface area (Å²) in [5, 5.41) is 5.69. The highest BCUT2D eigenvalue weighted by atomic mass is 32.2. The molecule has 1 atom stereocenters. The van der Waals surface area contributed by atoms with Crippen LogP contribution in [0.1, 0.15) is 36.1 Å². The molecule has 0 fully saturated rings. The van der Waals surface area contributed by atoms with Crippen LogP contribution in [0.15, 0.2) is 76.3 Å². The van der Waals surface area contributed by atoms with Crippen LogP contribution >= 0.6 is 11.8 Å². The molecule has 0 radical (unpaired) electrons. The van der Waals surface area contributed by atoms with Gasteiger partial charge in [-0.1, -0.05) is 71.9 Å². The quantitative estimate of drug-likeness (QED) is 0.512. The highest BCUT2D eigenvalue weighted by Crippen LogP contribution is 2.47. The Balaban J connectivity index is 1.77. The average Bonchev–Trinajstić information content (AvgIpc) is 3.26. The number of hydrogen-bond donors (Lipinski definition) is 1. The summed E-state index contributed by atoms with van der Waals surface area (Å²) in [7, 11) is 3.94. The molecule has 2 aliphatic heterocycles. The normalized spacial score (nSPS) is 17.0. The van der Waals surface area contributed by atoms with Gasteiger partial charge in [-0.3, -0.25) is 4.79 Å². The van der Waals surface area contributed by atoms with Gasteiger partial charge in [0.25, 0.3) is 0 Å². The molecule has 0 aromatic heterocycles. The van der Waals surface area contributed by atoms with E-state index in [0.717, 1.165) is 34.1 Å². The average molecular weight is 505 g/mol. The van der Waals surface area contributed by atoms with Crippen LogP contribution in [-0.2, 0) is 14.3 Å². The molecule has 2 aromatic rings. The van der Waals surface area contributed by atoms with Crippen LogP contribution in [0.4, 0.5) is 0 Å². The molecule has 0 saturated carbocycles. The molecule has 0 aliphatic carbocycles. The van der Waals surface area contributed by atoms with E-state index in [1.165, 1.54) is 11.8 Å². The van der Waals surface area contributed by atoms with Gasteiger partial charge in [0.1, 0.15) is 0 Å². The summed E-state index contributed by atoms with van der Waals surface area (Å²) in [6.45, 7) is 5.42. The van der Waals surface area contributed by atoms with Crippen LogP contribution < -0.4 is 5.32 Å². The van der Waals surface area contributed by atoms with Gasteiger partial charge in [0.2, 0.25) is 5.91 Å². The maximum absolute atomic E-state index is 13.5. The largest absolute Gasteiger partial charge is 0.463 e. The minimum atomic E-state index is -0.469. The van der Waals surface area contributed by atoms with Crippen molar-refractivity contribution in [2.24, 2.45) is 4.99 Å². The van der Waals surface area contributed by atoms with E-state index in [1.54, 1.807) is 6.92 Å². The Morgan fingerprint density at radius 2 is 1.83 bits per heavy atom. The van der Waals surface area contributed by atoms with Crippen LogP contribution in [0.3, 0.4) is 0 Å². The number of carbonyl (C=O) groups excluding carboxylic acids is 2. The van der Waals surface area contributed by atoms with E-state index in [0.29, 0.717) is 17.8 Å². The number of aliphatic imine (C=N–C) groups is 1. The van der Waals surface area contributed by atoms with Crippen molar-refractivity contribution in [2.75, 3.05) is 33.8 Å². The first kappa shape index (κ1) is 25.7. The maximum atomic E-state index is 13.5. The lowest BCUT2D eigenvalue weighted by atomic mass is 9.91. The van der Waals surface area contributed by atoms with E-state index in [9.17, 15) is 9.59 Å². The molecule has 7 nitrogen and oxygen atoms in total. The minimum absolute atomic E-state index is 0.0665. The van der Waals surface area contributed by atoms with Gasteiger partial charge in [0.15, 0.2) is 5.17 Å². The predicted octanol–water partition coefficient (Wildman–Crippen LogP) is 4.34. The van der Waals surface area contributed by atoms with Gasteiger partial charge in [-0.15, -0.1) is 0 Å². The number of amides is 1. The smallest absolute Gasteiger partial charge is 0.338 e. The fourth-order valence-electron chi connectivity index (χ4n) is 4.20. The van der Waals surface area contributed by atoms with Gasteiger partial charge in [0, 0.05) is 24.4 Å². The minimum Gasteiger partial charge on any atom is -0.463 e. The van der Waals surface area contributed by atoms with E-state index in [1.807, 2.05) is 90.8 Å². The lowest BCUT2D eigenvalue weighted by Gasteiger charge is -2.36. The van der Waals surface area contributed by atoms with Crippen molar-refractivity contribution in [3.05, 3.63) is 88.0 Å². The van der Waals surface area contributed by atoms with E-state index in [-0.39, 0.29) is 18.9 Å². The van der Waals surface area contributed by atoms with Crippen molar-refractivity contribution in [2.45, 2.75) is 26.3 Å². The van der Waals surface area contributed by atoms with E-state index in [4.69, 9.17) is 9.73 Å². The number of rotatable bonds is 9. The molecule has 0 bridgehead atoms. The Hall–Kier alpha value is -3.36. The number of likely N-dealkylation sites (N-methyl/N-ethyl adjacent to an activating group) is 1. The molecule has 1 unspecified atom stereocenters. The van der Waals surface area contributed by atoms with E-state index < -0.39 is 12.0 Å². The molecule has 188 valence electrons. The summed E-state index contributed by atoms with van der Waals surface area (Å²) in [5.41, 5.74) is 4.78. The molecule has 0 saturated heterocycles. The monoisotopic (exact) mass is 504 g/mol. The third kappa shape index (κ3) is 5.71. The van der Waals surface area contributed by atoms with Gasteiger partial charge in [-0.2, -0.15) is 0 Å². The number of amidine groups is 1. The number of carbonyl (C=O) groups is 2. The summed E-state index contributed by atoms with van der Waals surface area (Å²) < 4.78 is 5.55. The predicted molar refractivity (Wildman–Crippen MR) is 145 cm³/mol. The van der Waals surface area contributed by atoms with Crippen molar-refractivity contribution in [1.29, 1.82) is 0 Å². The Bertz CT molecular complexity index is 1200. The van der Waals surface area contributed by atoms with E-state index >= 15 is 0 Å². The zero-order chi connectivity index (χ0) is 25.7.